The van der Waals surface area contributed by atoms with Crippen LogP contribution in [0.2, 0.25) is 0 Å². The summed E-state index contributed by atoms with van der Waals surface area (Å²) in [5, 5.41) is 2.60. The number of halogens is 1. The molecule has 0 saturated heterocycles. The van der Waals surface area contributed by atoms with E-state index in [9.17, 15) is 13.2 Å². The molecule has 1 aromatic carbocycles. The molecule has 1 amide bonds. The third-order valence-corrected chi connectivity index (χ3v) is 5.81. The molecule has 106 valence electrons. The molecule has 0 atom stereocenters. The summed E-state index contributed by atoms with van der Waals surface area (Å²) < 4.78 is 22.7. The van der Waals surface area contributed by atoms with Crippen molar-refractivity contribution < 1.29 is 13.2 Å². The Morgan fingerprint density at radius 2 is 2.00 bits per heavy atom. The summed E-state index contributed by atoms with van der Waals surface area (Å²) in [6.07, 6.45) is 1.15. The lowest BCUT2D eigenvalue weighted by Crippen LogP contribution is -2.43. The summed E-state index contributed by atoms with van der Waals surface area (Å²) in [6, 6.07) is 4.82. The summed E-state index contributed by atoms with van der Waals surface area (Å²) in [6.45, 7) is 3.18. The Hall–Kier alpha value is -1.08. The number of rotatable bonds is 4. The van der Waals surface area contributed by atoms with E-state index in [1.54, 1.807) is 26.0 Å². The lowest BCUT2D eigenvalue weighted by molar-refractivity contribution is 0.0950. The molecule has 1 rings (SSSR count). The van der Waals surface area contributed by atoms with Gasteiger partial charge in [-0.15, -0.1) is 0 Å². The van der Waals surface area contributed by atoms with E-state index in [1.165, 1.54) is 6.07 Å². The molecule has 0 bridgehead atoms. The van der Waals surface area contributed by atoms with E-state index >= 15 is 0 Å². The first kappa shape index (κ1) is 16.0. The molecule has 0 aliphatic carbocycles. The average Bonchev–Trinajstić information content (AvgIpc) is 2.28. The molecule has 3 N–H and O–H groups in total. The predicted molar refractivity (Wildman–Crippen MR) is 79.8 cm³/mol. The number of hydrogen-bond acceptors (Lipinski definition) is 4. The molecule has 0 saturated carbocycles. The van der Waals surface area contributed by atoms with E-state index in [0.717, 1.165) is 6.26 Å². The van der Waals surface area contributed by atoms with Gasteiger partial charge in [-0.05, 0) is 48.0 Å². The maximum Gasteiger partial charge on any atom is 0.251 e. The highest BCUT2D eigenvalue weighted by Crippen LogP contribution is 2.20. The number of carbonyl (C=O) groups excluding carboxylic acids is 1. The molecule has 0 unspecified atom stereocenters. The fourth-order valence-corrected chi connectivity index (χ4v) is 1.79. The van der Waals surface area contributed by atoms with Crippen LogP contribution in [0.3, 0.4) is 0 Å². The second-order valence-corrected chi connectivity index (χ2v) is 8.45. The van der Waals surface area contributed by atoms with Crippen molar-refractivity contribution in [3.05, 3.63) is 28.2 Å². The highest BCUT2D eigenvalue weighted by Gasteiger charge is 2.30. The monoisotopic (exact) mass is 348 g/mol. The number of anilines is 1. The molecule has 1 aromatic rings. The van der Waals surface area contributed by atoms with Gasteiger partial charge in [0.2, 0.25) is 0 Å². The molecular weight excluding hydrogens is 332 g/mol. The summed E-state index contributed by atoms with van der Waals surface area (Å²) in [4.78, 5) is 11.9. The molecule has 0 aromatic heterocycles. The second kappa shape index (κ2) is 5.50. The van der Waals surface area contributed by atoms with Crippen LogP contribution in [0.4, 0.5) is 5.69 Å². The van der Waals surface area contributed by atoms with Crippen molar-refractivity contribution in [2.45, 2.75) is 18.6 Å². The van der Waals surface area contributed by atoms with Crippen molar-refractivity contribution in [2.75, 3.05) is 18.5 Å². The molecular formula is C12H17BrN2O3S. The largest absolute Gasteiger partial charge is 0.398 e. The zero-order chi connectivity index (χ0) is 14.8. The molecule has 0 radical (unpaired) electrons. The van der Waals surface area contributed by atoms with Crippen molar-refractivity contribution in [1.29, 1.82) is 0 Å². The van der Waals surface area contributed by atoms with Crippen LogP contribution in [0.15, 0.2) is 22.7 Å². The SMILES string of the molecule is CC(C)(CNC(=O)c1ccc(Br)c(N)c1)S(C)(=O)=O. The van der Waals surface area contributed by atoms with Gasteiger partial charge in [-0.25, -0.2) is 8.42 Å². The molecule has 0 aliphatic heterocycles. The average molecular weight is 349 g/mol. The summed E-state index contributed by atoms with van der Waals surface area (Å²) >= 11 is 3.24. The van der Waals surface area contributed by atoms with Crippen LogP contribution in [0.1, 0.15) is 24.2 Å². The molecule has 0 aliphatic rings. The number of nitrogens with one attached hydrogen (secondary N) is 1. The van der Waals surface area contributed by atoms with Crippen LogP contribution in [-0.2, 0) is 9.84 Å². The summed E-state index contributed by atoms with van der Waals surface area (Å²) in [7, 11) is -3.24. The van der Waals surface area contributed by atoms with Crippen LogP contribution in [0.25, 0.3) is 0 Å². The molecule has 0 fully saturated rings. The van der Waals surface area contributed by atoms with Crippen molar-refractivity contribution >= 4 is 37.4 Å². The van der Waals surface area contributed by atoms with Gasteiger partial charge in [0.05, 0.1) is 4.75 Å². The molecule has 5 nitrogen and oxygen atoms in total. The summed E-state index contributed by atoms with van der Waals surface area (Å²) in [5.41, 5.74) is 6.53. The van der Waals surface area contributed by atoms with E-state index in [0.29, 0.717) is 15.7 Å². The topological polar surface area (TPSA) is 89.3 Å². The van der Waals surface area contributed by atoms with Crippen molar-refractivity contribution in [1.82, 2.24) is 5.32 Å². The number of nitrogen functional groups attached to an aromatic ring is 1. The number of carbonyl (C=O) groups is 1. The van der Waals surface area contributed by atoms with Gasteiger partial charge in [-0.1, -0.05) is 0 Å². The Bertz CT molecular complexity index is 597. The zero-order valence-corrected chi connectivity index (χ0v) is 13.4. The fourth-order valence-electron chi connectivity index (χ4n) is 1.21. The minimum Gasteiger partial charge on any atom is -0.398 e. The van der Waals surface area contributed by atoms with E-state index in [4.69, 9.17) is 5.73 Å². The quantitative estimate of drug-likeness (QED) is 0.808. The Balaban J connectivity index is 2.79. The standard InChI is InChI=1S/C12H17BrN2O3S/c1-12(2,19(3,17)18)7-15-11(16)8-4-5-9(13)10(14)6-8/h4-6H,7,14H2,1-3H3,(H,15,16). The Labute approximate surface area is 121 Å². The maximum atomic E-state index is 11.9. The van der Waals surface area contributed by atoms with Gasteiger partial charge >= 0.3 is 0 Å². The van der Waals surface area contributed by atoms with Gasteiger partial charge in [-0.2, -0.15) is 0 Å². The molecule has 0 heterocycles. The number of sulfone groups is 1. The number of hydrogen-bond donors (Lipinski definition) is 2. The number of benzene rings is 1. The highest BCUT2D eigenvalue weighted by molar-refractivity contribution is 9.10. The lowest BCUT2D eigenvalue weighted by atomic mass is 10.1. The minimum atomic E-state index is -3.24. The Morgan fingerprint density at radius 1 is 1.42 bits per heavy atom. The third-order valence-electron chi connectivity index (χ3n) is 2.94. The first-order chi connectivity index (χ1) is 8.54. The minimum absolute atomic E-state index is 0.0423. The predicted octanol–water partition coefficient (Wildman–Crippen LogP) is 1.58. The van der Waals surface area contributed by atoms with E-state index < -0.39 is 14.6 Å². The van der Waals surface area contributed by atoms with Gasteiger partial charge in [-0.3, -0.25) is 4.79 Å². The normalized spacial score (nSPS) is 12.2. The Kier molecular flexibility index (Phi) is 4.63. The van der Waals surface area contributed by atoms with Crippen molar-refractivity contribution in [3.8, 4) is 0 Å². The van der Waals surface area contributed by atoms with Crippen LogP contribution in [0.5, 0.6) is 0 Å². The highest BCUT2D eigenvalue weighted by atomic mass is 79.9. The van der Waals surface area contributed by atoms with Crippen molar-refractivity contribution in [3.63, 3.8) is 0 Å². The first-order valence-electron chi connectivity index (χ1n) is 5.57. The van der Waals surface area contributed by atoms with E-state index in [-0.39, 0.29) is 12.5 Å². The Morgan fingerprint density at radius 3 is 2.47 bits per heavy atom. The van der Waals surface area contributed by atoms with E-state index in [1.807, 2.05) is 0 Å². The van der Waals surface area contributed by atoms with Gasteiger partial charge in [0.1, 0.15) is 0 Å². The van der Waals surface area contributed by atoms with Gasteiger partial charge in [0.25, 0.3) is 5.91 Å². The van der Waals surface area contributed by atoms with E-state index in [2.05, 4.69) is 21.2 Å². The molecule has 0 spiro atoms. The lowest BCUT2D eigenvalue weighted by Gasteiger charge is -2.22. The molecule has 19 heavy (non-hydrogen) atoms. The number of amides is 1. The van der Waals surface area contributed by atoms with Crippen LogP contribution >= 0.6 is 15.9 Å². The third kappa shape index (κ3) is 3.94. The zero-order valence-electron chi connectivity index (χ0n) is 11.0. The van der Waals surface area contributed by atoms with Gasteiger partial charge in [0.15, 0.2) is 9.84 Å². The summed E-state index contributed by atoms with van der Waals surface area (Å²) in [5.74, 6) is -0.351. The second-order valence-electron chi connectivity index (χ2n) is 4.95. The maximum absolute atomic E-state index is 11.9. The van der Waals surface area contributed by atoms with Crippen LogP contribution in [-0.4, -0.2) is 31.9 Å². The molecule has 7 heteroatoms. The van der Waals surface area contributed by atoms with Gasteiger partial charge in [0, 0.05) is 28.5 Å². The smallest absolute Gasteiger partial charge is 0.251 e. The van der Waals surface area contributed by atoms with Crippen LogP contribution < -0.4 is 11.1 Å². The first-order valence-corrected chi connectivity index (χ1v) is 8.26. The fraction of sp³-hybridized carbons (Fsp3) is 0.417. The van der Waals surface area contributed by atoms with Gasteiger partial charge < -0.3 is 11.1 Å². The number of nitrogens with two attached hydrogens (primary N) is 1. The van der Waals surface area contributed by atoms with Crippen molar-refractivity contribution in [2.24, 2.45) is 0 Å². The van der Waals surface area contributed by atoms with Crippen LogP contribution in [0, 0.1) is 0 Å².